The van der Waals surface area contributed by atoms with Crippen molar-refractivity contribution < 1.29 is 13.5 Å². The van der Waals surface area contributed by atoms with Crippen LogP contribution >= 0.6 is 0 Å². The topological polar surface area (TPSA) is 21.3 Å². The molecule has 1 atom stereocenters. The molecule has 18 heavy (non-hydrogen) atoms. The second-order valence-corrected chi connectivity index (χ2v) is 4.90. The molecule has 1 aromatic rings. The van der Waals surface area contributed by atoms with Gasteiger partial charge in [0.25, 0.3) is 0 Å². The van der Waals surface area contributed by atoms with E-state index in [1.54, 1.807) is 0 Å². The lowest BCUT2D eigenvalue weighted by molar-refractivity contribution is 0.0558. The number of halogens is 2. The first-order chi connectivity index (χ1) is 8.65. The number of hydrogen-bond donors (Lipinski definition) is 1. The largest absolute Gasteiger partial charge is 0.381 e. The number of benzene rings is 1. The zero-order chi connectivity index (χ0) is 13.0. The second-order valence-electron chi connectivity index (χ2n) is 4.90. The summed E-state index contributed by atoms with van der Waals surface area (Å²) < 4.78 is 31.4. The summed E-state index contributed by atoms with van der Waals surface area (Å²) in [6, 6.07) is 3.96. The second kappa shape index (κ2) is 6.25. The van der Waals surface area contributed by atoms with Crippen molar-refractivity contribution >= 4 is 0 Å². The summed E-state index contributed by atoms with van der Waals surface area (Å²) in [5.41, 5.74) is 0.645. The van der Waals surface area contributed by atoms with E-state index in [0.717, 1.165) is 32.1 Å². The third kappa shape index (κ3) is 3.75. The Morgan fingerprint density at radius 2 is 1.83 bits per heavy atom. The molecule has 1 unspecified atom stereocenters. The van der Waals surface area contributed by atoms with Gasteiger partial charge in [-0.25, -0.2) is 8.78 Å². The van der Waals surface area contributed by atoms with E-state index in [1.807, 2.05) is 0 Å². The average Bonchev–Trinajstić information content (AvgIpc) is 2.36. The van der Waals surface area contributed by atoms with Crippen molar-refractivity contribution in [1.82, 2.24) is 5.32 Å². The van der Waals surface area contributed by atoms with Crippen LogP contribution < -0.4 is 5.32 Å². The minimum absolute atomic E-state index is 0.334. The Hall–Kier alpha value is -1.00. The zero-order valence-electron chi connectivity index (χ0n) is 10.6. The lowest BCUT2D eigenvalue weighted by atomic mass is 9.93. The normalized spacial score (nSPS) is 18.8. The first-order valence-electron chi connectivity index (χ1n) is 6.41. The van der Waals surface area contributed by atoms with E-state index in [-0.39, 0.29) is 0 Å². The lowest BCUT2D eigenvalue weighted by Gasteiger charge is -2.28. The summed E-state index contributed by atoms with van der Waals surface area (Å²) in [6.07, 6.45) is 2.09. The fourth-order valence-corrected chi connectivity index (χ4v) is 2.37. The van der Waals surface area contributed by atoms with Crippen LogP contribution in [0.25, 0.3) is 0 Å². The third-order valence-electron chi connectivity index (χ3n) is 3.52. The predicted octanol–water partition coefficient (Wildman–Crippen LogP) is 2.87. The Bertz CT molecular complexity index is 371. The molecule has 1 fully saturated rings. The van der Waals surface area contributed by atoms with Crippen LogP contribution in [-0.2, 0) is 11.3 Å². The fourth-order valence-electron chi connectivity index (χ4n) is 2.37. The SMILES string of the molecule is CC(NCc1cc(F)cc(F)c1)C1CCOCC1. The molecule has 2 rings (SSSR count). The van der Waals surface area contributed by atoms with Gasteiger partial charge < -0.3 is 10.1 Å². The number of ether oxygens (including phenoxy) is 1. The maximum absolute atomic E-state index is 13.0. The fraction of sp³-hybridized carbons (Fsp3) is 0.571. The van der Waals surface area contributed by atoms with Crippen molar-refractivity contribution in [2.24, 2.45) is 5.92 Å². The van der Waals surface area contributed by atoms with Crippen LogP contribution in [0.2, 0.25) is 0 Å². The molecule has 1 saturated heterocycles. The van der Waals surface area contributed by atoms with Crippen LogP contribution in [0.5, 0.6) is 0 Å². The van der Waals surface area contributed by atoms with E-state index >= 15 is 0 Å². The van der Waals surface area contributed by atoms with E-state index in [9.17, 15) is 8.78 Å². The molecule has 0 saturated carbocycles. The van der Waals surface area contributed by atoms with E-state index in [2.05, 4.69) is 12.2 Å². The van der Waals surface area contributed by atoms with Crippen LogP contribution in [0.1, 0.15) is 25.3 Å². The minimum Gasteiger partial charge on any atom is -0.381 e. The van der Waals surface area contributed by atoms with Gasteiger partial charge in [0.2, 0.25) is 0 Å². The number of hydrogen-bond acceptors (Lipinski definition) is 2. The maximum Gasteiger partial charge on any atom is 0.126 e. The molecular formula is C14H19F2NO. The molecule has 1 N–H and O–H groups in total. The number of nitrogens with one attached hydrogen (secondary N) is 1. The Morgan fingerprint density at radius 3 is 2.44 bits per heavy atom. The molecule has 0 amide bonds. The van der Waals surface area contributed by atoms with Crippen LogP contribution in [0, 0.1) is 17.6 Å². The van der Waals surface area contributed by atoms with Gasteiger partial charge in [-0.1, -0.05) is 0 Å². The van der Waals surface area contributed by atoms with E-state index in [1.165, 1.54) is 12.1 Å². The molecule has 0 aliphatic carbocycles. The van der Waals surface area contributed by atoms with Gasteiger partial charge in [0.05, 0.1) is 0 Å². The van der Waals surface area contributed by atoms with Gasteiger partial charge in [-0.2, -0.15) is 0 Å². The Kier molecular flexibility index (Phi) is 4.66. The van der Waals surface area contributed by atoms with Crippen LogP contribution in [0.4, 0.5) is 8.78 Å². The van der Waals surface area contributed by atoms with Crippen molar-refractivity contribution in [2.75, 3.05) is 13.2 Å². The van der Waals surface area contributed by atoms with Crippen LogP contribution in [0.15, 0.2) is 18.2 Å². The predicted molar refractivity (Wildman–Crippen MR) is 66.2 cm³/mol. The van der Waals surface area contributed by atoms with Gasteiger partial charge >= 0.3 is 0 Å². The average molecular weight is 255 g/mol. The van der Waals surface area contributed by atoms with Gasteiger partial charge in [-0.3, -0.25) is 0 Å². The minimum atomic E-state index is -0.523. The standard InChI is InChI=1S/C14H19F2NO/c1-10(12-2-4-18-5-3-12)17-9-11-6-13(15)8-14(16)7-11/h6-8,10,12,17H,2-5,9H2,1H3. The first-order valence-corrected chi connectivity index (χ1v) is 6.41. The number of rotatable bonds is 4. The maximum atomic E-state index is 13.0. The molecule has 4 heteroatoms. The summed E-state index contributed by atoms with van der Waals surface area (Å²) >= 11 is 0. The lowest BCUT2D eigenvalue weighted by Crippen LogP contribution is -2.36. The molecule has 0 radical (unpaired) electrons. The van der Waals surface area contributed by atoms with Gasteiger partial charge in [-0.15, -0.1) is 0 Å². The van der Waals surface area contributed by atoms with Gasteiger partial charge in [0.15, 0.2) is 0 Å². The smallest absolute Gasteiger partial charge is 0.126 e. The van der Waals surface area contributed by atoms with E-state index in [4.69, 9.17) is 4.74 Å². The molecule has 0 aromatic heterocycles. The van der Waals surface area contributed by atoms with Gasteiger partial charge in [0, 0.05) is 31.9 Å². The molecular weight excluding hydrogens is 236 g/mol. The highest BCUT2D eigenvalue weighted by molar-refractivity contribution is 5.17. The Balaban J connectivity index is 1.86. The molecule has 1 heterocycles. The molecule has 100 valence electrons. The van der Waals surface area contributed by atoms with Crippen molar-refractivity contribution in [2.45, 2.75) is 32.4 Å². The van der Waals surface area contributed by atoms with Crippen molar-refractivity contribution in [3.63, 3.8) is 0 Å². The Morgan fingerprint density at radius 1 is 1.22 bits per heavy atom. The summed E-state index contributed by atoms with van der Waals surface area (Å²) in [5, 5.41) is 3.33. The third-order valence-corrected chi connectivity index (χ3v) is 3.52. The zero-order valence-corrected chi connectivity index (χ0v) is 10.6. The summed E-state index contributed by atoms with van der Waals surface area (Å²) in [6.45, 7) is 4.23. The van der Waals surface area contributed by atoms with E-state index in [0.29, 0.717) is 24.1 Å². The van der Waals surface area contributed by atoms with Crippen molar-refractivity contribution in [1.29, 1.82) is 0 Å². The Labute approximate surface area is 106 Å². The molecule has 1 aromatic carbocycles. The highest BCUT2D eigenvalue weighted by atomic mass is 19.1. The van der Waals surface area contributed by atoms with Crippen molar-refractivity contribution in [3.05, 3.63) is 35.4 Å². The quantitative estimate of drug-likeness (QED) is 0.893. The molecule has 1 aliphatic rings. The van der Waals surface area contributed by atoms with Gasteiger partial charge in [0.1, 0.15) is 11.6 Å². The highest BCUT2D eigenvalue weighted by Gasteiger charge is 2.19. The molecule has 0 bridgehead atoms. The summed E-state index contributed by atoms with van der Waals surface area (Å²) in [5.74, 6) is -0.465. The van der Waals surface area contributed by atoms with Crippen LogP contribution in [-0.4, -0.2) is 19.3 Å². The first kappa shape index (κ1) is 13.4. The molecule has 0 spiro atoms. The molecule has 1 aliphatic heterocycles. The highest BCUT2D eigenvalue weighted by Crippen LogP contribution is 2.19. The van der Waals surface area contributed by atoms with Crippen LogP contribution in [0.3, 0.4) is 0 Å². The summed E-state index contributed by atoms with van der Waals surface area (Å²) in [7, 11) is 0. The monoisotopic (exact) mass is 255 g/mol. The summed E-state index contributed by atoms with van der Waals surface area (Å²) in [4.78, 5) is 0. The van der Waals surface area contributed by atoms with Crippen molar-refractivity contribution in [3.8, 4) is 0 Å². The molecule has 2 nitrogen and oxygen atoms in total. The van der Waals surface area contributed by atoms with Gasteiger partial charge in [-0.05, 0) is 43.4 Å². The van der Waals surface area contributed by atoms with E-state index < -0.39 is 11.6 Å².